The Balaban J connectivity index is 1.31. The van der Waals surface area contributed by atoms with Crippen LogP contribution in [0.2, 0.25) is 0 Å². The first-order chi connectivity index (χ1) is 15.4. The Kier molecular flexibility index (Phi) is 5.77. The summed E-state index contributed by atoms with van der Waals surface area (Å²) in [5.74, 6) is -0.799. The Morgan fingerprint density at radius 3 is 2.56 bits per heavy atom. The van der Waals surface area contributed by atoms with E-state index in [0.29, 0.717) is 11.3 Å². The van der Waals surface area contributed by atoms with Crippen molar-refractivity contribution in [1.29, 1.82) is 0 Å². The fourth-order valence-electron chi connectivity index (χ4n) is 3.69. The minimum absolute atomic E-state index is 0.209. The van der Waals surface area contributed by atoms with Gasteiger partial charge in [-0.1, -0.05) is 48.5 Å². The molecule has 164 valence electrons. The fraction of sp³-hybridized carbons (Fsp3) is 0.208. The summed E-state index contributed by atoms with van der Waals surface area (Å²) < 4.78 is 19.0. The van der Waals surface area contributed by atoms with E-state index in [1.165, 1.54) is 31.2 Å². The molecule has 7 nitrogen and oxygen atoms in total. The van der Waals surface area contributed by atoms with Gasteiger partial charge in [0.15, 0.2) is 0 Å². The lowest BCUT2D eigenvalue weighted by atomic mass is 9.92. The molecule has 1 atom stereocenters. The molecule has 0 aliphatic carbocycles. The quantitative estimate of drug-likeness (QED) is 0.441. The molecule has 3 aromatic rings. The molecule has 0 spiro atoms. The summed E-state index contributed by atoms with van der Waals surface area (Å²) in [5, 5.41) is 7.27. The number of ether oxygens (including phenoxy) is 1. The lowest BCUT2D eigenvalue weighted by Gasteiger charge is -2.22. The van der Waals surface area contributed by atoms with Gasteiger partial charge in [-0.2, -0.15) is 0 Å². The third-order valence-corrected chi connectivity index (χ3v) is 5.43. The minimum atomic E-state index is -1.36. The van der Waals surface area contributed by atoms with Gasteiger partial charge in [0, 0.05) is 5.39 Å². The molecule has 1 fully saturated rings. The highest BCUT2D eigenvalue weighted by atomic mass is 19.1. The highest BCUT2D eigenvalue weighted by molar-refractivity contribution is 6.09. The molecular formula is C24H22FN3O4. The lowest BCUT2D eigenvalue weighted by Crippen LogP contribution is -2.43. The van der Waals surface area contributed by atoms with Crippen molar-refractivity contribution in [2.75, 3.05) is 19.7 Å². The third-order valence-electron chi connectivity index (χ3n) is 5.43. The van der Waals surface area contributed by atoms with Crippen LogP contribution in [0.4, 0.5) is 9.18 Å². The highest BCUT2D eigenvalue weighted by Crippen LogP contribution is 2.29. The Bertz CT molecular complexity index is 1180. The maximum absolute atomic E-state index is 13.2. The van der Waals surface area contributed by atoms with Crippen LogP contribution in [0.3, 0.4) is 0 Å². The number of carbonyl (C=O) groups is 3. The van der Waals surface area contributed by atoms with Crippen LogP contribution in [-0.2, 0) is 15.1 Å². The number of amides is 4. The Morgan fingerprint density at radius 1 is 1.06 bits per heavy atom. The first-order valence-corrected chi connectivity index (χ1v) is 10.2. The van der Waals surface area contributed by atoms with Crippen molar-refractivity contribution in [3.8, 4) is 5.75 Å². The number of nitrogens with zero attached hydrogens (tertiary/aromatic N) is 1. The molecular weight excluding hydrogens is 413 g/mol. The van der Waals surface area contributed by atoms with Crippen LogP contribution in [-0.4, -0.2) is 42.4 Å². The van der Waals surface area contributed by atoms with Gasteiger partial charge >= 0.3 is 6.03 Å². The van der Waals surface area contributed by atoms with Gasteiger partial charge in [-0.3, -0.25) is 14.5 Å². The second-order valence-electron chi connectivity index (χ2n) is 7.63. The van der Waals surface area contributed by atoms with Crippen molar-refractivity contribution >= 4 is 28.6 Å². The van der Waals surface area contributed by atoms with Crippen LogP contribution in [0.1, 0.15) is 12.5 Å². The van der Waals surface area contributed by atoms with Crippen LogP contribution >= 0.6 is 0 Å². The van der Waals surface area contributed by atoms with Crippen LogP contribution < -0.4 is 15.4 Å². The standard InChI is InChI=1S/C24H22FN3O4/c1-24(17-9-11-18(25)12-10-17)22(30)28(23(31)27-24)15-21(29)26-13-14-32-20-8-4-6-16-5-2-3-7-19(16)20/h2-12H,13-15H2,1H3,(H,26,29)(H,27,31). The maximum Gasteiger partial charge on any atom is 0.325 e. The van der Waals surface area contributed by atoms with Crippen LogP contribution in [0, 0.1) is 5.82 Å². The average Bonchev–Trinajstić information content (AvgIpc) is 3.01. The monoisotopic (exact) mass is 435 g/mol. The third kappa shape index (κ3) is 4.12. The topological polar surface area (TPSA) is 87.7 Å². The number of benzene rings is 3. The van der Waals surface area contributed by atoms with E-state index in [0.717, 1.165) is 15.7 Å². The second kappa shape index (κ2) is 8.66. The molecule has 0 radical (unpaired) electrons. The number of carbonyl (C=O) groups excluding carboxylic acids is 3. The maximum atomic E-state index is 13.2. The zero-order valence-corrected chi connectivity index (χ0v) is 17.4. The molecule has 3 aromatic carbocycles. The number of halogens is 1. The summed E-state index contributed by atoms with van der Waals surface area (Å²) in [6, 6.07) is 18.2. The van der Waals surface area contributed by atoms with E-state index in [1.54, 1.807) is 0 Å². The lowest BCUT2D eigenvalue weighted by molar-refractivity contribution is -0.134. The van der Waals surface area contributed by atoms with Gasteiger partial charge in [-0.15, -0.1) is 0 Å². The van der Waals surface area contributed by atoms with E-state index in [4.69, 9.17) is 4.74 Å². The van der Waals surface area contributed by atoms with Gasteiger partial charge in [0.1, 0.15) is 30.3 Å². The summed E-state index contributed by atoms with van der Waals surface area (Å²) in [6.07, 6.45) is 0. The molecule has 4 amide bonds. The SMILES string of the molecule is CC1(c2ccc(F)cc2)NC(=O)N(CC(=O)NCCOc2cccc3ccccc23)C1=O. The molecule has 1 aliphatic rings. The van der Waals surface area contributed by atoms with Gasteiger partial charge in [0.25, 0.3) is 5.91 Å². The number of imide groups is 1. The summed E-state index contributed by atoms with van der Waals surface area (Å²) in [7, 11) is 0. The summed E-state index contributed by atoms with van der Waals surface area (Å²) in [5.41, 5.74) is -0.925. The van der Waals surface area contributed by atoms with Crippen molar-refractivity contribution in [2.45, 2.75) is 12.5 Å². The smallest absolute Gasteiger partial charge is 0.325 e. The van der Waals surface area contributed by atoms with Gasteiger partial charge in [0.2, 0.25) is 5.91 Å². The van der Waals surface area contributed by atoms with Crippen molar-refractivity contribution in [3.05, 3.63) is 78.1 Å². The van der Waals surface area contributed by atoms with Crippen molar-refractivity contribution in [1.82, 2.24) is 15.5 Å². The molecule has 0 bridgehead atoms. The summed E-state index contributed by atoms with van der Waals surface area (Å²) in [4.78, 5) is 38.3. The van der Waals surface area contributed by atoms with E-state index in [1.807, 2.05) is 42.5 Å². The number of fused-ring (bicyclic) bond motifs is 1. The molecule has 4 rings (SSSR count). The molecule has 8 heteroatoms. The molecule has 1 unspecified atom stereocenters. The van der Waals surface area contributed by atoms with Gasteiger partial charge in [0.05, 0.1) is 6.54 Å². The van der Waals surface area contributed by atoms with Crippen LogP contribution in [0.15, 0.2) is 66.7 Å². The number of hydrogen-bond acceptors (Lipinski definition) is 4. The average molecular weight is 435 g/mol. The molecule has 1 aliphatic heterocycles. The van der Waals surface area contributed by atoms with Gasteiger partial charge < -0.3 is 15.4 Å². The minimum Gasteiger partial charge on any atom is -0.491 e. The molecule has 0 aromatic heterocycles. The zero-order valence-electron chi connectivity index (χ0n) is 17.4. The molecule has 2 N–H and O–H groups in total. The molecule has 32 heavy (non-hydrogen) atoms. The molecule has 0 saturated carbocycles. The summed E-state index contributed by atoms with van der Waals surface area (Å²) >= 11 is 0. The van der Waals surface area contributed by atoms with Gasteiger partial charge in [-0.25, -0.2) is 9.18 Å². The van der Waals surface area contributed by atoms with Gasteiger partial charge in [-0.05, 0) is 36.1 Å². The van der Waals surface area contributed by atoms with E-state index >= 15 is 0 Å². The predicted molar refractivity (Wildman–Crippen MR) is 116 cm³/mol. The summed E-state index contributed by atoms with van der Waals surface area (Å²) in [6.45, 7) is 1.54. The van der Waals surface area contributed by atoms with E-state index in [-0.39, 0.29) is 13.2 Å². The second-order valence-corrected chi connectivity index (χ2v) is 7.63. The highest BCUT2D eigenvalue weighted by Gasteiger charge is 2.49. The van der Waals surface area contributed by atoms with Crippen molar-refractivity contribution in [3.63, 3.8) is 0 Å². The number of urea groups is 1. The van der Waals surface area contributed by atoms with E-state index < -0.39 is 35.7 Å². The Labute approximate surface area is 184 Å². The van der Waals surface area contributed by atoms with Crippen LogP contribution in [0.25, 0.3) is 10.8 Å². The normalized spacial score (nSPS) is 18.0. The van der Waals surface area contributed by atoms with E-state index in [9.17, 15) is 18.8 Å². The number of nitrogens with one attached hydrogen (secondary N) is 2. The Hall–Kier alpha value is -3.94. The Morgan fingerprint density at radius 2 is 1.78 bits per heavy atom. The first-order valence-electron chi connectivity index (χ1n) is 10.2. The van der Waals surface area contributed by atoms with E-state index in [2.05, 4.69) is 10.6 Å². The largest absolute Gasteiger partial charge is 0.491 e. The zero-order chi connectivity index (χ0) is 22.7. The first kappa shape index (κ1) is 21.3. The number of rotatable bonds is 7. The molecule has 1 saturated heterocycles. The fourth-order valence-corrected chi connectivity index (χ4v) is 3.69. The van der Waals surface area contributed by atoms with Crippen molar-refractivity contribution in [2.24, 2.45) is 0 Å². The number of hydrogen-bond donors (Lipinski definition) is 2. The van der Waals surface area contributed by atoms with Crippen LogP contribution in [0.5, 0.6) is 5.75 Å². The van der Waals surface area contributed by atoms with Crippen molar-refractivity contribution < 1.29 is 23.5 Å². The molecule has 1 heterocycles. The predicted octanol–water partition coefficient (Wildman–Crippen LogP) is 2.94.